The third-order valence-electron chi connectivity index (χ3n) is 3.50. The Kier molecular flexibility index (Phi) is 6.84. The number of hydrogen-bond acceptors (Lipinski definition) is 4. The Labute approximate surface area is 155 Å². The van der Waals surface area contributed by atoms with Crippen LogP contribution in [0.5, 0.6) is 17.2 Å². The summed E-state index contributed by atoms with van der Waals surface area (Å²) in [7, 11) is 1.60. The Morgan fingerprint density at radius 3 is 2.08 bits per heavy atom. The van der Waals surface area contributed by atoms with Crippen LogP contribution in [0, 0.1) is 0 Å². The van der Waals surface area contributed by atoms with Crippen LogP contribution in [0.15, 0.2) is 48.5 Å². The zero-order chi connectivity index (χ0) is 19.1. The van der Waals surface area contributed by atoms with Crippen molar-refractivity contribution in [3.63, 3.8) is 0 Å². The van der Waals surface area contributed by atoms with Gasteiger partial charge in [-0.3, -0.25) is 4.79 Å². The fourth-order valence-corrected chi connectivity index (χ4v) is 2.38. The van der Waals surface area contributed by atoms with E-state index in [4.69, 9.17) is 14.2 Å². The van der Waals surface area contributed by atoms with Crippen LogP contribution in [0.3, 0.4) is 0 Å². The number of benzene rings is 2. The van der Waals surface area contributed by atoms with Crippen LogP contribution >= 0.6 is 0 Å². The molecule has 26 heavy (non-hydrogen) atoms. The van der Waals surface area contributed by atoms with E-state index in [2.05, 4.69) is 0 Å². The van der Waals surface area contributed by atoms with Gasteiger partial charge in [0.15, 0.2) is 5.78 Å². The van der Waals surface area contributed by atoms with E-state index in [9.17, 15) is 4.79 Å². The van der Waals surface area contributed by atoms with Gasteiger partial charge in [-0.1, -0.05) is 0 Å². The summed E-state index contributed by atoms with van der Waals surface area (Å²) in [5.41, 5.74) is 1.40. The Bertz CT molecular complexity index is 758. The van der Waals surface area contributed by atoms with Crippen molar-refractivity contribution in [2.45, 2.75) is 39.9 Å². The summed E-state index contributed by atoms with van der Waals surface area (Å²) in [5.74, 6) is 2.09. The number of hydrogen-bond donors (Lipinski definition) is 0. The Balaban J connectivity index is 2.25. The Morgan fingerprint density at radius 1 is 0.885 bits per heavy atom. The summed E-state index contributed by atoms with van der Waals surface area (Å²) < 4.78 is 16.7. The van der Waals surface area contributed by atoms with Gasteiger partial charge in [-0.2, -0.15) is 0 Å². The number of ether oxygens (including phenoxy) is 3. The maximum Gasteiger partial charge on any atom is 0.185 e. The van der Waals surface area contributed by atoms with Crippen LogP contribution in [0.4, 0.5) is 0 Å². The van der Waals surface area contributed by atoms with Gasteiger partial charge in [0.2, 0.25) is 0 Å². The number of allylic oxidation sites excluding steroid dienone is 1. The van der Waals surface area contributed by atoms with Gasteiger partial charge < -0.3 is 14.2 Å². The van der Waals surface area contributed by atoms with Crippen molar-refractivity contribution < 1.29 is 19.0 Å². The molecule has 0 atom stereocenters. The first-order valence-corrected chi connectivity index (χ1v) is 8.73. The monoisotopic (exact) mass is 354 g/mol. The minimum Gasteiger partial charge on any atom is -0.497 e. The maximum absolute atomic E-state index is 12.4. The molecule has 0 unspecified atom stereocenters. The van der Waals surface area contributed by atoms with Crippen molar-refractivity contribution in [2.24, 2.45) is 0 Å². The Hall–Kier alpha value is -2.75. The van der Waals surface area contributed by atoms with Crippen molar-refractivity contribution in [1.29, 1.82) is 0 Å². The topological polar surface area (TPSA) is 44.8 Å². The molecule has 0 aliphatic carbocycles. The molecule has 0 saturated heterocycles. The molecule has 0 fully saturated rings. The van der Waals surface area contributed by atoms with Gasteiger partial charge >= 0.3 is 0 Å². The number of rotatable bonds is 8. The van der Waals surface area contributed by atoms with E-state index in [0.717, 1.165) is 22.8 Å². The first-order chi connectivity index (χ1) is 12.4. The fourth-order valence-electron chi connectivity index (χ4n) is 2.38. The molecule has 0 amide bonds. The van der Waals surface area contributed by atoms with E-state index in [1.54, 1.807) is 43.5 Å². The Morgan fingerprint density at radius 2 is 1.50 bits per heavy atom. The molecular formula is C22H26O4. The van der Waals surface area contributed by atoms with Crippen LogP contribution in [0.25, 0.3) is 6.08 Å². The van der Waals surface area contributed by atoms with Crippen LogP contribution in [0.1, 0.15) is 43.6 Å². The van der Waals surface area contributed by atoms with Crippen LogP contribution in [-0.4, -0.2) is 25.1 Å². The summed E-state index contributed by atoms with van der Waals surface area (Å²) in [6.45, 7) is 7.88. The van der Waals surface area contributed by atoms with Crippen molar-refractivity contribution in [2.75, 3.05) is 7.11 Å². The molecule has 0 aromatic heterocycles. The maximum atomic E-state index is 12.4. The highest BCUT2D eigenvalue weighted by molar-refractivity contribution is 6.07. The second-order valence-corrected chi connectivity index (χ2v) is 6.46. The number of carbonyl (C=O) groups excluding carboxylic acids is 1. The lowest BCUT2D eigenvalue weighted by atomic mass is 10.1. The molecule has 2 aromatic rings. The third kappa shape index (κ3) is 5.66. The van der Waals surface area contributed by atoms with Crippen molar-refractivity contribution in [3.8, 4) is 17.2 Å². The molecular weight excluding hydrogens is 328 g/mol. The van der Waals surface area contributed by atoms with Crippen LogP contribution in [0.2, 0.25) is 0 Å². The van der Waals surface area contributed by atoms with Crippen LogP contribution < -0.4 is 14.2 Å². The normalized spacial score (nSPS) is 11.2. The summed E-state index contributed by atoms with van der Waals surface area (Å²) in [4.78, 5) is 12.4. The summed E-state index contributed by atoms with van der Waals surface area (Å²) in [6, 6.07) is 12.7. The van der Waals surface area contributed by atoms with Gasteiger partial charge in [0, 0.05) is 11.1 Å². The predicted octanol–water partition coefficient (Wildman–Crippen LogP) is 5.17. The highest BCUT2D eigenvalue weighted by atomic mass is 16.5. The number of methoxy groups -OCH3 is 1. The van der Waals surface area contributed by atoms with E-state index in [1.807, 2.05) is 45.9 Å². The fraction of sp³-hybridized carbons (Fsp3) is 0.318. The van der Waals surface area contributed by atoms with Crippen molar-refractivity contribution >= 4 is 11.9 Å². The second kappa shape index (κ2) is 9.09. The smallest absolute Gasteiger partial charge is 0.185 e. The molecule has 0 aliphatic heterocycles. The van der Waals surface area contributed by atoms with E-state index >= 15 is 0 Å². The second-order valence-electron chi connectivity index (χ2n) is 6.46. The third-order valence-corrected chi connectivity index (χ3v) is 3.50. The van der Waals surface area contributed by atoms with Gasteiger partial charge in [-0.25, -0.2) is 0 Å². The molecule has 2 rings (SSSR count). The van der Waals surface area contributed by atoms with Gasteiger partial charge in [0.05, 0.1) is 19.3 Å². The highest BCUT2D eigenvalue weighted by Gasteiger charge is 2.08. The average molecular weight is 354 g/mol. The summed E-state index contributed by atoms with van der Waals surface area (Å²) in [5, 5.41) is 0. The lowest BCUT2D eigenvalue weighted by Gasteiger charge is -2.15. The molecule has 0 spiro atoms. The lowest BCUT2D eigenvalue weighted by Crippen LogP contribution is -2.08. The zero-order valence-electron chi connectivity index (χ0n) is 16.0. The minimum atomic E-state index is -0.0849. The molecule has 0 N–H and O–H groups in total. The lowest BCUT2D eigenvalue weighted by molar-refractivity contribution is 0.104. The first-order valence-electron chi connectivity index (χ1n) is 8.73. The quantitative estimate of drug-likeness (QED) is 0.485. The van der Waals surface area contributed by atoms with Gasteiger partial charge in [-0.15, -0.1) is 0 Å². The van der Waals surface area contributed by atoms with E-state index < -0.39 is 0 Å². The van der Waals surface area contributed by atoms with Crippen LogP contribution in [-0.2, 0) is 0 Å². The highest BCUT2D eigenvalue weighted by Crippen LogP contribution is 2.27. The molecule has 4 heteroatoms. The van der Waals surface area contributed by atoms with Crippen molar-refractivity contribution in [1.82, 2.24) is 0 Å². The van der Waals surface area contributed by atoms with Crippen molar-refractivity contribution in [3.05, 3.63) is 59.7 Å². The van der Waals surface area contributed by atoms with Gasteiger partial charge in [0.25, 0.3) is 0 Å². The minimum absolute atomic E-state index is 0.0382. The molecule has 0 radical (unpaired) electrons. The SMILES string of the molecule is COc1ccc(C(=O)/C=C/c2cc(OC(C)C)ccc2OC(C)C)cc1. The molecule has 4 nitrogen and oxygen atoms in total. The molecule has 0 bridgehead atoms. The standard InChI is InChI=1S/C22H26O4/c1-15(2)25-20-11-13-22(26-16(3)4)18(14-20)8-12-21(23)17-6-9-19(24-5)10-7-17/h6-16H,1-5H3/b12-8+. The van der Waals surface area contributed by atoms with E-state index in [1.165, 1.54) is 0 Å². The summed E-state index contributed by atoms with van der Waals surface area (Å²) >= 11 is 0. The van der Waals surface area contributed by atoms with E-state index in [-0.39, 0.29) is 18.0 Å². The van der Waals surface area contributed by atoms with E-state index in [0.29, 0.717) is 5.56 Å². The number of carbonyl (C=O) groups is 1. The zero-order valence-corrected chi connectivity index (χ0v) is 16.0. The van der Waals surface area contributed by atoms with Gasteiger partial charge in [-0.05, 0) is 82.3 Å². The molecule has 0 aliphatic rings. The van der Waals surface area contributed by atoms with Gasteiger partial charge in [0.1, 0.15) is 17.2 Å². The molecule has 0 saturated carbocycles. The number of ketones is 1. The largest absolute Gasteiger partial charge is 0.497 e. The predicted molar refractivity (Wildman–Crippen MR) is 104 cm³/mol. The summed E-state index contributed by atoms with van der Waals surface area (Å²) in [6.07, 6.45) is 3.42. The first kappa shape index (κ1) is 19.6. The molecule has 0 heterocycles. The molecule has 138 valence electrons. The average Bonchev–Trinajstić information content (AvgIpc) is 2.60. The molecule has 2 aromatic carbocycles.